The zero-order valence-electron chi connectivity index (χ0n) is 14.4. The fourth-order valence-corrected chi connectivity index (χ4v) is 3.25. The van der Waals surface area contributed by atoms with Crippen molar-refractivity contribution in [2.45, 2.75) is 27.7 Å². The second-order valence-corrected chi connectivity index (χ2v) is 6.04. The van der Waals surface area contributed by atoms with Crippen LogP contribution in [0.2, 0.25) is 0 Å². The van der Waals surface area contributed by atoms with Gasteiger partial charge in [-0.1, -0.05) is 23.3 Å². The third-order valence-electron chi connectivity index (χ3n) is 4.07. The molecular weight excluding hydrogens is 492 g/mol. The fraction of sp³-hybridized carbons (Fsp3) is 0.211. The molecule has 0 unspecified atom stereocenters. The zero-order chi connectivity index (χ0) is 16.8. The van der Waals surface area contributed by atoms with Gasteiger partial charge in [0.05, 0.1) is 17.1 Å². The first-order valence-electron chi connectivity index (χ1n) is 7.81. The number of hydrogen-bond acceptors (Lipinski definition) is 4. The third kappa shape index (κ3) is 2.92. The minimum absolute atomic E-state index is 0. The molecule has 25 heavy (non-hydrogen) atoms. The maximum atomic E-state index is 5.77. The second kappa shape index (κ2) is 6.54. The molecule has 0 aliphatic carbocycles. The van der Waals surface area contributed by atoms with E-state index < -0.39 is 0 Å². The first kappa shape index (κ1) is 17.5. The summed E-state index contributed by atoms with van der Waals surface area (Å²) >= 11 is 0. The Labute approximate surface area is 159 Å². The quantitative estimate of drug-likeness (QED) is 0.382. The minimum Gasteiger partial charge on any atom is -0.488 e. The van der Waals surface area contributed by atoms with Gasteiger partial charge in [-0.15, -0.1) is 18.2 Å². The van der Waals surface area contributed by atoms with Gasteiger partial charge in [0.15, 0.2) is 5.89 Å². The van der Waals surface area contributed by atoms with Crippen molar-refractivity contribution in [3.05, 3.63) is 59.2 Å². The first-order chi connectivity index (χ1) is 11.5. The van der Waals surface area contributed by atoms with Crippen molar-refractivity contribution in [3.63, 3.8) is 0 Å². The summed E-state index contributed by atoms with van der Waals surface area (Å²) in [6.07, 6.45) is 1.56. The summed E-state index contributed by atoms with van der Waals surface area (Å²) in [5.41, 5.74) is 6.83. The molecule has 0 aliphatic rings. The average molecular weight is 510 g/mol. The van der Waals surface area contributed by atoms with E-state index in [0.717, 1.165) is 27.9 Å². The fourth-order valence-electron chi connectivity index (χ4n) is 3.25. The Bertz CT molecular complexity index is 1040. The number of aromatic nitrogens is 4. The summed E-state index contributed by atoms with van der Waals surface area (Å²) in [7, 11) is 0. The topological polar surface area (TPSA) is 56.7 Å². The van der Waals surface area contributed by atoms with Crippen molar-refractivity contribution in [2.75, 3.05) is 0 Å². The summed E-state index contributed by atoms with van der Waals surface area (Å²) in [5.74, 6) is 1.33. The minimum atomic E-state index is 0. The van der Waals surface area contributed by atoms with Crippen LogP contribution in [0.5, 0.6) is 0 Å². The van der Waals surface area contributed by atoms with Gasteiger partial charge in [0.2, 0.25) is 0 Å². The van der Waals surface area contributed by atoms with Gasteiger partial charge in [0.1, 0.15) is 6.33 Å². The normalized spacial score (nSPS) is 10.9. The molecule has 129 valence electrons. The second-order valence-electron chi connectivity index (χ2n) is 6.04. The number of rotatable bonds is 2. The average Bonchev–Trinajstić information content (AvgIpc) is 3.11. The summed E-state index contributed by atoms with van der Waals surface area (Å²) in [6, 6.07) is 11.3. The summed E-state index contributed by atoms with van der Waals surface area (Å²) < 4.78 is 7.62. The van der Waals surface area contributed by atoms with Gasteiger partial charge in [-0.05, 0) is 31.9 Å². The van der Waals surface area contributed by atoms with Crippen LogP contribution in [-0.4, -0.2) is 19.7 Å². The van der Waals surface area contributed by atoms with E-state index in [9.17, 15) is 0 Å². The van der Waals surface area contributed by atoms with E-state index in [0.29, 0.717) is 17.3 Å². The van der Waals surface area contributed by atoms with Crippen LogP contribution < -0.4 is 0 Å². The number of nitrogens with zero attached hydrogens (tertiary/aromatic N) is 4. The molecule has 5 nitrogen and oxygen atoms in total. The van der Waals surface area contributed by atoms with Crippen LogP contribution in [0.4, 0.5) is 0 Å². The molecule has 0 spiro atoms. The predicted octanol–water partition coefficient (Wildman–Crippen LogP) is 4.11. The van der Waals surface area contributed by atoms with Crippen molar-refractivity contribution < 1.29 is 24.5 Å². The Morgan fingerprint density at radius 2 is 1.80 bits per heavy atom. The van der Waals surface area contributed by atoms with Crippen molar-refractivity contribution in [1.82, 2.24) is 19.7 Å². The van der Waals surface area contributed by atoms with Crippen LogP contribution in [-0.2, 0) is 20.1 Å². The van der Waals surface area contributed by atoms with Crippen molar-refractivity contribution in [2.24, 2.45) is 0 Å². The van der Waals surface area contributed by atoms with E-state index in [1.807, 2.05) is 23.7 Å². The van der Waals surface area contributed by atoms with Crippen molar-refractivity contribution in [3.8, 4) is 17.1 Å². The number of benzene rings is 2. The van der Waals surface area contributed by atoms with Gasteiger partial charge in [-0.2, -0.15) is 5.10 Å². The van der Waals surface area contributed by atoms with Crippen LogP contribution in [0.1, 0.15) is 22.6 Å². The van der Waals surface area contributed by atoms with Crippen LogP contribution in [0.3, 0.4) is 0 Å². The maximum absolute atomic E-state index is 5.77. The largest absolute Gasteiger partial charge is 0.488 e. The van der Waals surface area contributed by atoms with E-state index in [1.165, 1.54) is 5.56 Å². The van der Waals surface area contributed by atoms with Crippen LogP contribution in [0.15, 0.2) is 35.0 Å². The maximum Gasteiger partial charge on any atom is 0.180 e. The molecule has 0 atom stereocenters. The smallest absolute Gasteiger partial charge is 0.180 e. The third-order valence-corrected chi connectivity index (χ3v) is 4.07. The summed E-state index contributed by atoms with van der Waals surface area (Å²) in [6.45, 7) is 8.11. The number of aryl methyl sites for hydroxylation is 4. The first-order valence-corrected chi connectivity index (χ1v) is 7.81. The van der Waals surface area contributed by atoms with E-state index in [1.54, 1.807) is 6.33 Å². The van der Waals surface area contributed by atoms with Gasteiger partial charge in [0, 0.05) is 32.5 Å². The Hall–Kier alpha value is -2.30. The molecule has 0 saturated heterocycles. The number of oxazole rings is 1. The Kier molecular flexibility index (Phi) is 4.58. The van der Waals surface area contributed by atoms with Gasteiger partial charge in [0.25, 0.3) is 0 Å². The van der Waals surface area contributed by atoms with Crippen molar-refractivity contribution >= 4 is 11.1 Å². The molecule has 0 saturated carbocycles. The zero-order valence-corrected chi connectivity index (χ0v) is 16.8. The molecule has 0 bridgehead atoms. The predicted molar refractivity (Wildman–Crippen MR) is 92.1 cm³/mol. The monoisotopic (exact) mass is 510 g/mol. The molecule has 0 N–H and O–H groups in total. The standard InChI is InChI=1S/C19H17N4O.Ir/c1-11-8-12(2)17(13(3)9-11)23-19(20-10-21-23)15-6-5-7-16-18(15)24-14(4)22-16;/h5,7-10H,1-4H3;/q-1;. The molecule has 0 amide bonds. The summed E-state index contributed by atoms with van der Waals surface area (Å²) in [5, 5.41) is 4.45. The van der Waals surface area contributed by atoms with Crippen molar-refractivity contribution in [1.29, 1.82) is 0 Å². The molecule has 2 heterocycles. The van der Waals surface area contributed by atoms with Crippen LogP contribution in [0.25, 0.3) is 28.2 Å². The van der Waals surface area contributed by atoms with Crippen LogP contribution >= 0.6 is 0 Å². The van der Waals surface area contributed by atoms with Gasteiger partial charge < -0.3 is 4.42 Å². The molecule has 0 fully saturated rings. The van der Waals surface area contributed by atoms with E-state index >= 15 is 0 Å². The summed E-state index contributed by atoms with van der Waals surface area (Å²) in [4.78, 5) is 8.85. The van der Waals surface area contributed by atoms with E-state index in [2.05, 4.69) is 54.0 Å². The number of hydrogen-bond donors (Lipinski definition) is 0. The Balaban J connectivity index is 0.00000182. The molecule has 1 radical (unpaired) electrons. The van der Waals surface area contributed by atoms with E-state index in [-0.39, 0.29) is 20.1 Å². The van der Waals surface area contributed by atoms with E-state index in [4.69, 9.17) is 4.42 Å². The van der Waals surface area contributed by atoms with Gasteiger partial charge in [-0.3, -0.25) is 9.67 Å². The Morgan fingerprint density at radius 1 is 1.08 bits per heavy atom. The molecule has 4 aromatic rings. The molecule has 2 aromatic heterocycles. The molecular formula is C19H17IrN4O-. The van der Waals surface area contributed by atoms with Crippen LogP contribution in [0, 0.1) is 33.8 Å². The molecule has 6 heteroatoms. The molecule has 2 aromatic carbocycles. The number of fused-ring (bicyclic) bond motifs is 1. The van der Waals surface area contributed by atoms with Gasteiger partial charge in [-0.25, -0.2) is 4.98 Å². The SMILES string of the molecule is Cc1cc(C)c(-n2ncnc2-c2[c-]ccc3nc(C)oc23)c(C)c1.[Ir]. The molecule has 4 rings (SSSR count). The molecule has 0 aliphatic heterocycles. The van der Waals surface area contributed by atoms with Gasteiger partial charge >= 0.3 is 0 Å². The Morgan fingerprint density at radius 3 is 2.52 bits per heavy atom.